The molecule has 1 atom stereocenters. The third-order valence-corrected chi connectivity index (χ3v) is 3.30. The topological polar surface area (TPSA) is 64.4 Å². The van der Waals surface area contributed by atoms with Crippen molar-refractivity contribution < 1.29 is 9.66 Å². The molecule has 1 unspecified atom stereocenters. The second-order valence-corrected chi connectivity index (χ2v) is 5.60. The van der Waals surface area contributed by atoms with Crippen LogP contribution in [0.3, 0.4) is 0 Å². The Kier molecular flexibility index (Phi) is 5.65. The van der Waals surface area contributed by atoms with E-state index in [1.54, 1.807) is 19.1 Å². The number of nitrogens with one attached hydrogen (secondary N) is 1. The molecule has 1 rings (SSSR count). The van der Waals surface area contributed by atoms with Crippen molar-refractivity contribution in [2.45, 2.75) is 46.3 Å². The molecule has 112 valence electrons. The first kappa shape index (κ1) is 16.6. The lowest BCUT2D eigenvalue weighted by Gasteiger charge is -2.27. The third-order valence-electron chi connectivity index (χ3n) is 3.30. The fraction of sp³-hybridized carbons (Fsp3) is 0.600. The van der Waals surface area contributed by atoms with Gasteiger partial charge in [0.2, 0.25) is 0 Å². The first-order valence-corrected chi connectivity index (χ1v) is 6.89. The molecule has 0 aromatic heterocycles. The SMILES string of the molecule is CCOC(C)(C)CNC(C)c1ccc(C)c([N+](=O)[O-])c1. The minimum absolute atomic E-state index is 0.0361. The minimum atomic E-state index is -0.338. The summed E-state index contributed by atoms with van der Waals surface area (Å²) in [7, 11) is 0. The normalized spacial score (nSPS) is 13.2. The van der Waals surface area contributed by atoms with Gasteiger partial charge in [-0.15, -0.1) is 0 Å². The van der Waals surface area contributed by atoms with E-state index in [4.69, 9.17) is 4.74 Å². The molecule has 1 N–H and O–H groups in total. The molecule has 0 heterocycles. The van der Waals surface area contributed by atoms with E-state index in [2.05, 4.69) is 5.32 Å². The Labute approximate surface area is 120 Å². The Balaban J connectivity index is 2.75. The average molecular weight is 280 g/mol. The van der Waals surface area contributed by atoms with E-state index in [1.165, 1.54) is 0 Å². The van der Waals surface area contributed by atoms with E-state index >= 15 is 0 Å². The van der Waals surface area contributed by atoms with Gasteiger partial charge >= 0.3 is 0 Å². The molecule has 1 aromatic rings. The number of aryl methyl sites for hydroxylation is 1. The number of rotatable bonds is 7. The molecule has 0 aliphatic carbocycles. The maximum absolute atomic E-state index is 11.0. The smallest absolute Gasteiger partial charge is 0.272 e. The van der Waals surface area contributed by atoms with Crippen LogP contribution >= 0.6 is 0 Å². The summed E-state index contributed by atoms with van der Waals surface area (Å²) in [6.45, 7) is 11.1. The van der Waals surface area contributed by atoms with Crippen LogP contribution in [0.4, 0.5) is 5.69 Å². The van der Waals surface area contributed by atoms with Crippen LogP contribution in [0, 0.1) is 17.0 Å². The molecule has 5 nitrogen and oxygen atoms in total. The molecule has 0 radical (unpaired) electrons. The molecule has 0 aliphatic heterocycles. The van der Waals surface area contributed by atoms with E-state index < -0.39 is 0 Å². The van der Waals surface area contributed by atoms with Crippen molar-refractivity contribution in [3.8, 4) is 0 Å². The number of ether oxygens (including phenoxy) is 1. The van der Waals surface area contributed by atoms with Crippen molar-refractivity contribution in [1.82, 2.24) is 5.32 Å². The van der Waals surface area contributed by atoms with E-state index in [1.807, 2.05) is 33.8 Å². The van der Waals surface area contributed by atoms with Crippen LogP contribution in [-0.4, -0.2) is 23.7 Å². The fourth-order valence-electron chi connectivity index (χ4n) is 2.05. The second kappa shape index (κ2) is 6.81. The predicted octanol–water partition coefficient (Wildman–Crippen LogP) is 3.37. The summed E-state index contributed by atoms with van der Waals surface area (Å²) in [5, 5.41) is 14.3. The quantitative estimate of drug-likeness (QED) is 0.614. The predicted molar refractivity (Wildman–Crippen MR) is 80.0 cm³/mol. The summed E-state index contributed by atoms with van der Waals surface area (Å²) in [6, 6.07) is 5.39. The summed E-state index contributed by atoms with van der Waals surface area (Å²) < 4.78 is 5.63. The van der Waals surface area contributed by atoms with Crippen LogP contribution in [0.1, 0.15) is 44.9 Å². The van der Waals surface area contributed by atoms with Gasteiger partial charge in [0.1, 0.15) is 0 Å². The van der Waals surface area contributed by atoms with Gasteiger partial charge in [0.25, 0.3) is 5.69 Å². The lowest BCUT2D eigenvalue weighted by atomic mass is 10.0. The first-order valence-electron chi connectivity index (χ1n) is 6.89. The minimum Gasteiger partial charge on any atom is -0.375 e. The Morgan fingerprint density at radius 2 is 2.10 bits per heavy atom. The molecule has 0 spiro atoms. The van der Waals surface area contributed by atoms with Crippen molar-refractivity contribution in [1.29, 1.82) is 0 Å². The number of hydrogen-bond acceptors (Lipinski definition) is 4. The van der Waals surface area contributed by atoms with Crippen molar-refractivity contribution in [2.75, 3.05) is 13.2 Å². The van der Waals surface area contributed by atoms with Crippen LogP contribution in [0.2, 0.25) is 0 Å². The van der Waals surface area contributed by atoms with Gasteiger partial charge in [-0.05, 0) is 40.2 Å². The highest BCUT2D eigenvalue weighted by Crippen LogP contribution is 2.23. The van der Waals surface area contributed by atoms with E-state index in [0.29, 0.717) is 18.7 Å². The summed E-state index contributed by atoms with van der Waals surface area (Å²) in [4.78, 5) is 10.6. The van der Waals surface area contributed by atoms with Crippen LogP contribution < -0.4 is 5.32 Å². The van der Waals surface area contributed by atoms with E-state index in [9.17, 15) is 10.1 Å². The molecule has 0 amide bonds. The maximum atomic E-state index is 11.0. The molecular weight excluding hydrogens is 256 g/mol. The standard InChI is InChI=1S/C15H24N2O3/c1-6-20-15(4,5)10-16-12(3)13-8-7-11(2)14(9-13)17(18)19/h7-9,12,16H,6,10H2,1-5H3. The highest BCUT2D eigenvalue weighted by atomic mass is 16.6. The lowest BCUT2D eigenvalue weighted by Crippen LogP contribution is -2.38. The lowest BCUT2D eigenvalue weighted by molar-refractivity contribution is -0.385. The fourth-order valence-corrected chi connectivity index (χ4v) is 2.05. The highest BCUT2D eigenvalue weighted by molar-refractivity contribution is 5.43. The number of hydrogen-bond donors (Lipinski definition) is 1. The average Bonchev–Trinajstić information content (AvgIpc) is 2.36. The molecule has 20 heavy (non-hydrogen) atoms. The molecule has 0 saturated heterocycles. The molecule has 5 heteroatoms. The summed E-state index contributed by atoms with van der Waals surface area (Å²) in [5.41, 5.74) is 1.51. The summed E-state index contributed by atoms with van der Waals surface area (Å²) in [6.07, 6.45) is 0. The zero-order chi connectivity index (χ0) is 15.3. The Morgan fingerprint density at radius 3 is 2.65 bits per heavy atom. The van der Waals surface area contributed by atoms with Crippen molar-refractivity contribution >= 4 is 5.69 Å². The van der Waals surface area contributed by atoms with Crippen LogP contribution in [0.5, 0.6) is 0 Å². The van der Waals surface area contributed by atoms with Gasteiger partial charge < -0.3 is 10.1 Å². The maximum Gasteiger partial charge on any atom is 0.272 e. The van der Waals surface area contributed by atoms with Gasteiger partial charge in [0.05, 0.1) is 10.5 Å². The van der Waals surface area contributed by atoms with E-state index in [0.717, 1.165) is 5.56 Å². The zero-order valence-corrected chi connectivity index (χ0v) is 12.9. The number of nitro groups is 1. The summed E-state index contributed by atoms with van der Waals surface area (Å²) >= 11 is 0. The molecule has 0 fully saturated rings. The van der Waals surface area contributed by atoms with E-state index in [-0.39, 0.29) is 22.3 Å². The van der Waals surface area contributed by atoms with Crippen LogP contribution in [0.25, 0.3) is 0 Å². The monoisotopic (exact) mass is 280 g/mol. The molecule has 1 aromatic carbocycles. The van der Waals surface area contributed by atoms with Gasteiger partial charge in [0.15, 0.2) is 0 Å². The van der Waals surface area contributed by atoms with Gasteiger partial charge in [0, 0.05) is 30.8 Å². The Morgan fingerprint density at radius 1 is 1.45 bits per heavy atom. The number of nitro benzene ring substituents is 1. The van der Waals surface area contributed by atoms with Gasteiger partial charge in [-0.25, -0.2) is 0 Å². The first-order chi connectivity index (χ1) is 9.26. The number of benzene rings is 1. The van der Waals surface area contributed by atoms with Gasteiger partial charge in [-0.2, -0.15) is 0 Å². The largest absolute Gasteiger partial charge is 0.375 e. The van der Waals surface area contributed by atoms with Crippen LogP contribution in [-0.2, 0) is 4.74 Å². The van der Waals surface area contributed by atoms with Crippen LogP contribution in [0.15, 0.2) is 18.2 Å². The molecule has 0 aliphatic rings. The molecule has 0 saturated carbocycles. The van der Waals surface area contributed by atoms with Crippen molar-refractivity contribution in [3.63, 3.8) is 0 Å². The second-order valence-electron chi connectivity index (χ2n) is 5.60. The van der Waals surface area contributed by atoms with Crippen molar-refractivity contribution in [3.05, 3.63) is 39.4 Å². The number of nitrogens with zero attached hydrogens (tertiary/aromatic N) is 1. The van der Waals surface area contributed by atoms with Crippen molar-refractivity contribution in [2.24, 2.45) is 0 Å². The molecule has 0 bridgehead atoms. The Bertz CT molecular complexity index is 472. The summed E-state index contributed by atoms with van der Waals surface area (Å²) in [5.74, 6) is 0. The van der Waals surface area contributed by atoms with Gasteiger partial charge in [-0.3, -0.25) is 10.1 Å². The highest BCUT2D eigenvalue weighted by Gasteiger charge is 2.20. The third kappa shape index (κ3) is 4.58. The van der Waals surface area contributed by atoms with Gasteiger partial charge in [-0.1, -0.05) is 12.1 Å². The molecular formula is C15H24N2O3. The zero-order valence-electron chi connectivity index (χ0n) is 12.9. The Hall–Kier alpha value is -1.46.